The molecular formula is C15H20N2O. The third-order valence-electron chi connectivity index (χ3n) is 3.69. The molecule has 0 bridgehead atoms. The Bertz CT molecular complexity index is 404. The van der Waals surface area contributed by atoms with E-state index in [4.69, 9.17) is 0 Å². The second-order valence-electron chi connectivity index (χ2n) is 5.15. The van der Waals surface area contributed by atoms with Gasteiger partial charge in [-0.05, 0) is 18.4 Å². The number of aliphatic hydroxyl groups is 1. The molecule has 0 radical (unpaired) electrons. The lowest BCUT2D eigenvalue weighted by Crippen LogP contribution is -2.39. The highest BCUT2D eigenvalue weighted by Crippen LogP contribution is 2.28. The predicted octanol–water partition coefficient (Wildman–Crippen LogP) is 2.19. The van der Waals surface area contributed by atoms with E-state index in [2.05, 4.69) is 11.4 Å². The maximum Gasteiger partial charge on any atom is 0.0837 e. The SMILES string of the molecule is N#CC(CNCC1(O)CCCC1)c1ccccc1. The van der Waals surface area contributed by atoms with Gasteiger partial charge in [0.15, 0.2) is 0 Å². The molecule has 0 aromatic heterocycles. The summed E-state index contributed by atoms with van der Waals surface area (Å²) in [6, 6.07) is 12.1. The average Bonchev–Trinajstić information content (AvgIpc) is 2.83. The van der Waals surface area contributed by atoms with Crippen molar-refractivity contribution in [3.63, 3.8) is 0 Å². The van der Waals surface area contributed by atoms with E-state index >= 15 is 0 Å². The Balaban J connectivity index is 1.83. The van der Waals surface area contributed by atoms with Crippen LogP contribution in [0, 0.1) is 11.3 Å². The molecule has 1 aromatic rings. The molecular weight excluding hydrogens is 224 g/mol. The third kappa shape index (κ3) is 3.32. The minimum absolute atomic E-state index is 0.142. The van der Waals surface area contributed by atoms with Crippen molar-refractivity contribution in [1.82, 2.24) is 5.32 Å². The van der Waals surface area contributed by atoms with Crippen LogP contribution in [0.1, 0.15) is 37.2 Å². The molecule has 1 aliphatic rings. The molecule has 1 aliphatic carbocycles. The van der Waals surface area contributed by atoms with Gasteiger partial charge in [-0.1, -0.05) is 43.2 Å². The van der Waals surface area contributed by atoms with Crippen molar-refractivity contribution < 1.29 is 5.11 Å². The van der Waals surface area contributed by atoms with Crippen molar-refractivity contribution in [2.45, 2.75) is 37.2 Å². The van der Waals surface area contributed by atoms with Gasteiger partial charge in [-0.2, -0.15) is 5.26 Å². The average molecular weight is 244 g/mol. The van der Waals surface area contributed by atoms with Gasteiger partial charge in [0.1, 0.15) is 0 Å². The summed E-state index contributed by atoms with van der Waals surface area (Å²) in [7, 11) is 0. The molecule has 18 heavy (non-hydrogen) atoms. The number of benzene rings is 1. The molecule has 0 heterocycles. The zero-order chi connectivity index (χ0) is 12.8. The first-order chi connectivity index (χ1) is 8.73. The minimum Gasteiger partial charge on any atom is -0.389 e. The second kappa shape index (κ2) is 5.99. The molecule has 1 unspecified atom stereocenters. The van der Waals surface area contributed by atoms with E-state index in [-0.39, 0.29) is 5.92 Å². The van der Waals surface area contributed by atoms with Crippen LogP contribution in [0.2, 0.25) is 0 Å². The minimum atomic E-state index is -0.545. The third-order valence-corrected chi connectivity index (χ3v) is 3.69. The summed E-state index contributed by atoms with van der Waals surface area (Å²) in [5.41, 5.74) is 0.488. The first kappa shape index (κ1) is 13.1. The Morgan fingerprint density at radius 2 is 1.94 bits per heavy atom. The van der Waals surface area contributed by atoms with Gasteiger partial charge in [0.25, 0.3) is 0 Å². The molecule has 2 N–H and O–H groups in total. The standard InChI is InChI=1S/C15H20N2O/c16-10-14(13-6-2-1-3-7-13)11-17-12-15(18)8-4-5-9-15/h1-3,6-7,14,17-18H,4-5,8-9,11-12H2. The molecule has 3 heteroatoms. The molecule has 1 aromatic carbocycles. The van der Waals surface area contributed by atoms with Crippen molar-refractivity contribution in [2.24, 2.45) is 0 Å². The smallest absolute Gasteiger partial charge is 0.0837 e. The first-order valence-electron chi connectivity index (χ1n) is 6.61. The Hall–Kier alpha value is -1.37. The highest BCUT2D eigenvalue weighted by molar-refractivity contribution is 5.25. The lowest BCUT2D eigenvalue weighted by molar-refractivity contribution is 0.0478. The molecule has 0 aliphatic heterocycles. The lowest BCUT2D eigenvalue weighted by Gasteiger charge is -2.23. The van der Waals surface area contributed by atoms with E-state index < -0.39 is 5.60 Å². The normalized spacial score (nSPS) is 19.3. The van der Waals surface area contributed by atoms with E-state index in [0.717, 1.165) is 31.2 Å². The summed E-state index contributed by atoms with van der Waals surface area (Å²) < 4.78 is 0. The fraction of sp³-hybridized carbons (Fsp3) is 0.533. The lowest BCUT2D eigenvalue weighted by atomic mass is 9.99. The van der Waals surface area contributed by atoms with Crippen LogP contribution in [-0.4, -0.2) is 23.8 Å². The zero-order valence-corrected chi connectivity index (χ0v) is 10.6. The van der Waals surface area contributed by atoms with Gasteiger partial charge >= 0.3 is 0 Å². The second-order valence-corrected chi connectivity index (χ2v) is 5.15. The van der Waals surface area contributed by atoms with E-state index in [0.29, 0.717) is 13.1 Å². The number of nitrogens with zero attached hydrogens (tertiary/aromatic N) is 1. The van der Waals surface area contributed by atoms with Gasteiger partial charge < -0.3 is 10.4 Å². The quantitative estimate of drug-likeness (QED) is 0.834. The van der Waals surface area contributed by atoms with Crippen LogP contribution in [-0.2, 0) is 0 Å². The van der Waals surface area contributed by atoms with Gasteiger partial charge in [-0.15, -0.1) is 0 Å². The summed E-state index contributed by atoms with van der Waals surface area (Å²) in [5, 5.41) is 22.6. The molecule has 0 spiro atoms. The van der Waals surface area contributed by atoms with Gasteiger partial charge in [0, 0.05) is 13.1 Å². The fourth-order valence-electron chi connectivity index (χ4n) is 2.58. The summed E-state index contributed by atoms with van der Waals surface area (Å²) >= 11 is 0. The van der Waals surface area contributed by atoms with E-state index in [1.807, 2.05) is 30.3 Å². The highest BCUT2D eigenvalue weighted by Gasteiger charge is 2.30. The summed E-state index contributed by atoms with van der Waals surface area (Å²) in [6.45, 7) is 1.20. The van der Waals surface area contributed by atoms with Crippen LogP contribution < -0.4 is 5.32 Å². The van der Waals surface area contributed by atoms with Crippen molar-refractivity contribution >= 4 is 0 Å². The zero-order valence-electron chi connectivity index (χ0n) is 10.6. The Labute approximate surface area is 108 Å². The Morgan fingerprint density at radius 3 is 2.56 bits per heavy atom. The molecule has 1 atom stereocenters. The van der Waals surface area contributed by atoms with Crippen LogP contribution in [0.15, 0.2) is 30.3 Å². The predicted molar refractivity (Wildman–Crippen MR) is 71.1 cm³/mol. The number of nitriles is 1. The van der Waals surface area contributed by atoms with Crippen LogP contribution >= 0.6 is 0 Å². The maximum atomic E-state index is 10.2. The molecule has 96 valence electrons. The molecule has 1 fully saturated rings. The first-order valence-corrected chi connectivity index (χ1v) is 6.61. The van der Waals surface area contributed by atoms with Gasteiger partial charge in [-0.3, -0.25) is 0 Å². The summed E-state index contributed by atoms with van der Waals surface area (Å²) in [4.78, 5) is 0. The molecule has 1 saturated carbocycles. The highest BCUT2D eigenvalue weighted by atomic mass is 16.3. The van der Waals surface area contributed by atoms with Gasteiger partial charge in [0.2, 0.25) is 0 Å². The monoisotopic (exact) mass is 244 g/mol. The summed E-state index contributed by atoms with van der Waals surface area (Å²) in [5.74, 6) is -0.142. The van der Waals surface area contributed by atoms with Gasteiger partial charge in [0.05, 0.1) is 17.6 Å². The fourth-order valence-corrected chi connectivity index (χ4v) is 2.58. The topological polar surface area (TPSA) is 56.0 Å². The molecule has 2 rings (SSSR count). The van der Waals surface area contributed by atoms with Crippen LogP contribution in [0.4, 0.5) is 0 Å². The van der Waals surface area contributed by atoms with Crippen molar-refractivity contribution in [2.75, 3.05) is 13.1 Å². The van der Waals surface area contributed by atoms with Crippen molar-refractivity contribution in [3.8, 4) is 6.07 Å². The number of hydrogen-bond acceptors (Lipinski definition) is 3. The van der Waals surface area contributed by atoms with E-state index in [1.165, 1.54) is 0 Å². The Kier molecular flexibility index (Phi) is 4.35. The van der Waals surface area contributed by atoms with Crippen molar-refractivity contribution in [3.05, 3.63) is 35.9 Å². The van der Waals surface area contributed by atoms with E-state index in [9.17, 15) is 10.4 Å². The van der Waals surface area contributed by atoms with Crippen LogP contribution in [0.5, 0.6) is 0 Å². The number of rotatable bonds is 5. The number of hydrogen-bond donors (Lipinski definition) is 2. The van der Waals surface area contributed by atoms with Gasteiger partial charge in [-0.25, -0.2) is 0 Å². The molecule has 0 saturated heterocycles. The number of nitrogens with one attached hydrogen (secondary N) is 1. The Morgan fingerprint density at radius 1 is 1.28 bits per heavy atom. The maximum absolute atomic E-state index is 10.2. The largest absolute Gasteiger partial charge is 0.389 e. The van der Waals surface area contributed by atoms with Crippen molar-refractivity contribution in [1.29, 1.82) is 5.26 Å². The van der Waals surface area contributed by atoms with Crippen LogP contribution in [0.25, 0.3) is 0 Å². The summed E-state index contributed by atoms with van der Waals surface area (Å²) in [6.07, 6.45) is 3.97. The molecule has 3 nitrogen and oxygen atoms in total. The van der Waals surface area contributed by atoms with E-state index in [1.54, 1.807) is 0 Å². The van der Waals surface area contributed by atoms with Crippen LogP contribution in [0.3, 0.4) is 0 Å². The molecule has 0 amide bonds.